The third kappa shape index (κ3) is 4.35. The second kappa shape index (κ2) is 6.19. The molecule has 0 aromatic heterocycles. The number of hydrogen-bond donors (Lipinski definition) is 1. The number of rotatable bonds is 4. The first kappa shape index (κ1) is 15.7. The van der Waals surface area contributed by atoms with Crippen LogP contribution in [-0.4, -0.2) is 25.3 Å². The fraction of sp³-hybridized carbons (Fsp3) is 0.429. The first-order valence-electron chi connectivity index (χ1n) is 5.90. The van der Waals surface area contributed by atoms with E-state index in [4.69, 9.17) is 4.74 Å². The number of amides is 1. The average Bonchev–Trinajstić information content (AvgIpc) is 2.34. The standard InChI is InChI=1S/C14H18BrNO3/c1-14(2,3)12(17)8-16-13(18)10-7-9(19-4)5-6-11(10)15/h5-7H,8H2,1-4H3,(H,16,18). The minimum absolute atomic E-state index is 0.0140. The first-order chi connectivity index (χ1) is 8.75. The Morgan fingerprint density at radius 2 is 1.95 bits per heavy atom. The quantitative estimate of drug-likeness (QED) is 0.925. The van der Waals surface area contributed by atoms with Gasteiger partial charge in [0.25, 0.3) is 5.91 Å². The van der Waals surface area contributed by atoms with Gasteiger partial charge in [-0.2, -0.15) is 0 Å². The molecule has 0 fully saturated rings. The van der Waals surface area contributed by atoms with Crippen molar-refractivity contribution >= 4 is 27.6 Å². The molecule has 0 spiro atoms. The lowest BCUT2D eigenvalue weighted by atomic mass is 9.91. The molecular formula is C14H18BrNO3. The van der Waals surface area contributed by atoms with Crippen molar-refractivity contribution in [1.29, 1.82) is 0 Å². The van der Waals surface area contributed by atoms with E-state index in [1.165, 1.54) is 7.11 Å². The molecule has 0 unspecified atom stereocenters. The summed E-state index contributed by atoms with van der Waals surface area (Å²) in [6, 6.07) is 5.11. The molecule has 1 aromatic carbocycles. The zero-order valence-corrected chi connectivity index (χ0v) is 13.1. The van der Waals surface area contributed by atoms with E-state index in [0.717, 1.165) is 0 Å². The molecule has 0 aliphatic carbocycles. The van der Waals surface area contributed by atoms with E-state index in [0.29, 0.717) is 15.8 Å². The van der Waals surface area contributed by atoms with Gasteiger partial charge in [0.2, 0.25) is 0 Å². The van der Waals surface area contributed by atoms with Crippen LogP contribution in [0.2, 0.25) is 0 Å². The highest BCUT2D eigenvalue weighted by Crippen LogP contribution is 2.22. The van der Waals surface area contributed by atoms with Crippen molar-refractivity contribution in [2.75, 3.05) is 13.7 Å². The highest BCUT2D eigenvalue weighted by Gasteiger charge is 2.22. The Kier molecular flexibility index (Phi) is 5.11. The van der Waals surface area contributed by atoms with Crippen LogP contribution >= 0.6 is 15.9 Å². The zero-order valence-electron chi connectivity index (χ0n) is 11.5. The van der Waals surface area contributed by atoms with Crippen molar-refractivity contribution < 1.29 is 14.3 Å². The fourth-order valence-electron chi connectivity index (χ4n) is 1.33. The van der Waals surface area contributed by atoms with E-state index in [1.54, 1.807) is 18.2 Å². The summed E-state index contributed by atoms with van der Waals surface area (Å²) in [5, 5.41) is 2.62. The van der Waals surface area contributed by atoms with Crippen LogP contribution in [0, 0.1) is 5.41 Å². The Balaban J connectivity index is 2.76. The molecule has 0 aliphatic heterocycles. The van der Waals surface area contributed by atoms with Crippen LogP contribution in [0.3, 0.4) is 0 Å². The number of ether oxygens (including phenoxy) is 1. The number of Topliss-reactive ketones (excluding diaryl/α,β-unsaturated/α-hetero) is 1. The SMILES string of the molecule is COc1ccc(Br)c(C(=O)NCC(=O)C(C)(C)C)c1. The lowest BCUT2D eigenvalue weighted by Gasteiger charge is -2.17. The van der Waals surface area contributed by atoms with Crippen LogP contribution in [-0.2, 0) is 4.79 Å². The van der Waals surface area contributed by atoms with E-state index in [2.05, 4.69) is 21.2 Å². The van der Waals surface area contributed by atoms with Crippen molar-refractivity contribution in [3.8, 4) is 5.75 Å². The van der Waals surface area contributed by atoms with Crippen molar-refractivity contribution in [3.63, 3.8) is 0 Å². The van der Waals surface area contributed by atoms with Gasteiger partial charge in [0.15, 0.2) is 5.78 Å². The smallest absolute Gasteiger partial charge is 0.252 e. The Bertz CT molecular complexity index is 492. The second-order valence-electron chi connectivity index (χ2n) is 5.20. The van der Waals surface area contributed by atoms with Crippen LogP contribution in [0.4, 0.5) is 0 Å². The molecule has 1 rings (SSSR count). The minimum atomic E-state index is -0.459. The predicted molar refractivity (Wildman–Crippen MR) is 77.5 cm³/mol. The lowest BCUT2D eigenvalue weighted by molar-refractivity contribution is -0.125. The Morgan fingerprint density at radius 1 is 1.32 bits per heavy atom. The van der Waals surface area contributed by atoms with Crippen molar-refractivity contribution in [3.05, 3.63) is 28.2 Å². The molecule has 0 saturated carbocycles. The molecule has 19 heavy (non-hydrogen) atoms. The maximum atomic E-state index is 12.0. The van der Waals surface area contributed by atoms with Gasteiger partial charge in [0, 0.05) is 9.89 Å². The molecule has 104 valence electrons. The maximum absolute atomic E-state index is 12.0. The molecule has 0 heterocycles. The highest BCUT2D eigenvalue weighted by atomic mass is 79.9. The largest absolute Gasteiger partial charge is 0.497 e. The molecule has 0 aliphatic rings. The van der Waals surface area contributed by atoms with Crippen LogP contribution in [0.15, 0.2) is 22.7 Å². The molecule has 4 nitrogen and oxygen atoms in total. The number of carbonyl (C=O) groups excluding carboxylic acids is 2. The summed E-state index contributed by atoms with van der Waals surface area (Å²) in [6.07, 6.45) is 0. The topological polar surface area (TPSA) is 55.4 Å². The van der Waals surface area contributed by atoms with Gasteiger partial charge < -0.3 is 10.1 Å². The zero-order chi connectivity index (χ0) is 14.6. The van der Waals surface area contributed by atoms with E-state index in [1.807, 2.05) is 20.8 Å². The van der Waals surface area contributed by atoms with Gasteiger partial charge in [-0.1, -0.05) is 20.8 Å². The number of methoxy groups -OCH3 is 1. The number of ketones is 1. The summed E-state index contributed by atoms with van der Waals surface area (Å²) in [4.78, 5) is 23.8. The number of halogens is 1. The molecule has 1 amide bonds. The van der Waals surface area contributed by atoms with Gasteiger partial charge in [0.1, 0.15) is 5.75 Å². The summed E-state index contributed by atoms with van der Waals surface area (Å²) in [5.41, 5.74) is -0.0140. The van der Waals surface area contributed by atoms with E-state index < -0.39 is 5.41 Å². The highest BCUT2D eigenvalue weighted by molar-refractivity contribution is 9.10. The lowest BCUT2D eigenvalue weighted by Crippen LogP contribution is -2.35. The molecule has 5 heteroatoms. The number of benzene rings is 1. The molecule has 0 saturated heterocycles. The molecule has 0 radical (unpaired) electrons. The summed E-state index contributed by atoms with van der Waals surface area (Å²) >= 11 is 3.31. The van der Waals surface area contributed by atoms with Crippen LogP contribution in [0.25, 0.3) is 0 Å². The van der Waals surface area contributed by atoms with Crippen LogP contribution < -0.4 is 10.1 Å². The van der Waals surface area contributed by atoms with Gasteiger partial charge in [-0.05, 0) is 34.1 Å². The predicted octanol–water partition coefficient (Wildman–Crippen LogP) is 2.80. The third-order valence-corrected chi connectivity index (χ3v) is 3.36. The van der Waals surface area contributed by atoms with Crippen LogP contribution in [0.5, 0.6) is 5.75 Å². The van der Waals surface area contributed by atoms with Crippen LogP contribution in [0.1, 0.15) is 31.1 Å². The average molecular weight is 328 g/mol. The van der Waals surface area contributed by atoms with Crippen molar-refractivity contribution in [2.45, 2.75) is 20.8 Å². The van der Waals surface area contributed by atoms with Gasteiger partial charge >= 0.3 is 0 Å². The Morgan fingerprint density at radius 3 is 2.47 bits per heavy atom. The summed E-state index contributed by atoms with van der Waals surface area (Å²) in [6.45, 7) is 5.49. The van der Waals surface area contributed by atoms with Gasteiger partial charge in [0.05, 0.1) is 19.2 Å². The van der Waals surface area contributed by atoms with E-state index in [9.17, 15) is 9.59 Å². The fourth-order valence-corrected chi connectivity index (χ4v) is 1.75. The Hall–Kier alpha value is -1.36. The summed E-state index contributed by atoms with van der Waals surface area (Å²) in [5.74, 6) is 0.277. The monoisotopic (exact) mass is 327 g/mol. The van der Waals surface area contributed by atoms with Gasteiger partial charge in [-0.3, -0.25) is 9.59 Å². The van der Waals surface area contributed by atoms with Crippen molar-refractivity contribution in [1.82, 2.24) is 5.32 Å². The number of nitrogens with one attached hydrogen (secondary N) is 1. The molecule has 1 N–H and O–H groups in total. The molecule has 0 bridgehead atoms. The third-order valence-electron chi connectivity index (χ3n) is 2.66. The number of hydrogen-bond acceptors (Lipinski definition) is 3. The first-order valence-corrected chi connectivity index (χ1v) is 6.70. The second-order valence-corrected chi connectivity index (χ2v) is 6.06. The van der Waals surface area contributed by atoms with E-state index in [-0.39, 0.29) is 18.2 Å². The summed E-state index contributed by atoms with van der Waals surface area (Å²) < 4.78 is 5.73. The van der Waals surface area contributed by atoms with Gasteiger partial charge in [-0.15, -0.1) is 0 Å². The van der Waals surface area contributed by atoms with Crippen molar-refractivity contribution in [2.24, 2.45) is 5.41 Å². The Labute approximate surface area is 121 Å². The summed E-state index contributed by atoms with van der Waals surface area (Å²) in [7, 11) is 1.54. The van der Waals surface area contributed by atoms with Gasteiger partial charge in [-0.25, -0.2) is 0 Å². The number of carbonyl (C=O) groups is 2. The molecule has 0 atom stereocenters. The normalized spacial score (nSPS) is 11.0. The molecular weight excluding hydrogens is 310 g/mol. The minimum Gasteiger partial charge on any atom is -0.497 e. The maximum Gasteiger partial charge on any atom is 0.252 e. The molecule has 1 aromatic rings. The van der Waals surface area contributed by atoms with E-state index >= 15 is 0 Å².